The van der Waals surface area contributed by atoms with Gasteiger partial charge in [-0.2, -0.15) is 10.2 Å². The lowest BCUT2D eigenvalue weighted by molar-refractivity contribution is -0.137. The van der Waals surface area contributed by atoms with Crippen molar-refractivity contribution in [2.75, 3.05) is 33.3 Å². The van der Waals surface area contributed by atoms with Crippen molar-refractivity contribution in [3.05, 3.63) is 35.9 Å². The Kier molecular flexibility index (Phi) is 6.83. The molecule has 8 nitrogen and oxygen atoms in total. The molecule has 0 saturated carbocycles. The SMILES string of the molecule is C#CCCC1(CCNC(=O)C2CN(C(=O)N(C)Cc3ccccc3)CCO2)N=N1. The maximum absolute atomic E-state index is 12.7. The number of nitrogens with one attached hydrogen (secondary N) is 1. The molecule has 0 aliphatic carbocycles. The smallest absolute Gasteiger partial charge is 0.320 e. The van der Waals surface area contributed by atoms with Gasteiger partial charge in [-0.1, -0.05) is 30.3 Å². The van der Waals surface area contributed by atoms with Gasteiger partial charge in [0.25, 0.3) is 5.91 Å². The number of benzene rings is 1. The molecule has 2 heterocycles. The molecule has 1 fully saturated rings. The van der Waals surface area contributed by atoms with Crippen LogP contribution in [0.1, 0.15) is 24.8 Å². The second-order valence-electron chi connectivity index (χ2n) is 7.36. The maximum atomic E-state index is 12.7. The van der Waals surface area contributed by atoms with Crippen LogP contribution in [0, 0.1) is 12.3 Å². The summed E-state index contributed by atoms with van der Waals surface area (Å²) in [6.45, 7) is 1.99. The van der Waals surface area contributed by atoms with E-state index in [4.69, 9.17) is 11.2 Å². The summed E-state index contributed by atoms with van der Waals surface area (Å²) in [6.07, 6.45) is 6.55. The second-order valence-corrected chi connectivity index (χ2v) is 7.36. The largest absolute Gasteiger partial charge is 0.365 e. The van der Waals surface area contributed by atoms with Gasteiger partial charge >= 0.3 is 6.03 Å². The first-order valence-electron chi connectivity index (χ1n) is 9.84. The van der Waals surface area contributed by atoms with Crippen LogP contribution >= 0.6 is 0 Å². The molecule has 8 heteroatoms. The number of terminal acetylenes is 1. The van der Waals surface area contributed by atoms with Gasteiger partial charge < -0.3 is 19.9 Å². The first kappa shape index (κ1) is 20.8. The predicted octanol–water partition coefficient (Wildman–Crippen LogP) is 2.02. The highest BCUT2D eigenvalue weighted by molar-refractivity contribution is 5.82. The Labute approximate surface area is 171 Å². The van der Waals surface area contributed by atoms with Crippen molar-refractivity contribution < 1.29 is 14.3 Å². The molecule has 2 aliphatic heterocycles. The Morgan fingerprint density at radius 2 is 2.10 bits per heavy atom. The Morgan fingerprint density at radius 3 is 2.79 bits per heavy atom. The summed E-state index contributed by atoms with van der Waals surface area (Å²) in [5.74, 6) is 2.36. The topological polar surface area (TPSA) is 86.6 Å². The molecule has 3 amide bonds. The first-order chi connectivity index (χ1) is 14.0. The van der Waals surface area contributed by atoms with Crippen LogP contribution in [0.4, 0.5) is 4.79 Å². The summed E-state index contributed by atoms with van der Waals surface area (Å²) in [5.41, 5.74) is 0.635. The molecule has 154 valence electrons. The average molecular weight is 397 g/mol. The van der Waals surface area contributed by atoms with E-state index >= 15 is 0 Å². The normalized spacial score (nSPS) is 19.3. The number of ether oxygens (including phenoxy) is 1. The summed E-state index contributed by atoms with van der Waals surface area (Å²) in [7, 11) is 1.76. The fourth-order valence-electron chi connectivity index (χ4n) is 3.32. The van der Waals surface area contributed by atoms with E-state index in [-0.39, 0.29) is 18.5 Å². The number of urea groups is 1. The number of hydrogen-bond acceptors (Lipinski definition) is 5. The number of amides is 3. The maximum Gasteiger partial charge on any atom is 0.320 e. The Balaban J connectivity index is 1.44. The van der Waals surface area contributed by atoms with Gasteiger partial charge in [0, 0.05) is 45.9 Å². The van der Waals surface area contributed by atoms with E-state index in [0.29, 0.717) is 45.5 Å². The number of hydrogen-bond donors (Lipinski definition) is 1. The van der Waals surface area contributed by atoms with E-state index in [1.54, 1.807) is 16.8 Å². The van der Waals surface area contributed by atoms with Crippen LogP contribution < -0.4 is 5.32 Å². The van der Waals surface area contributed by atoms with Gasteiger partial charge in [-0.3, -0.25) is 4.79 Å². The molecule has 29 heavy (non-hydrogen) atoms. The molecule has 1 N–H and O–H groups in total. The van der Waals surface area contributed by atoms with Crippen molar-refractivity contribution in [1.82, 2.24) is 15.1 Å². The third kappa shape index (κ3) is 5.78. The average Bonchev–Trinajstić information content (AvgIpc) is 3.52. The molecule has 1 saturated heterocycles. The lowest BCUT2D eigenvalue weighted by atomic mass is 10.0. The summed E-state index contributed by atoms with van der Waals surface area (Å²) in [4.78, 5) is 28.5. The molecule has 0 radical (unpaired) electrons. The zero-order chi connectivity index (χ0) is 20.7. The van der Waals surface area contributed by atoms with Gasteiger partial charge in [0.2, 0.25) is 0 Å². The monoisotopic (exact) mass is 397 g/mol. The van der Waals surface area contributed by atoms with E-state index in [2.05, 4.69) is 21.5 Å². The first-order valence-corrected chi connectivity index (χ1v) is 9.84. The fourth-order valence-corrected chi connectivity index (χ4v) is 3.32. The van der Waals surface area contributed by atoms with Crippen molar-refractivity contribution in [3.63, 3.8) is 0 Å². The van der Waals surface area contributed by atoms with Gasteiger partial charge in [-0.05, 0) is 5.56 Å². The molecule has 1 aromatic carbocycles. The van der Waals surface area contributed by atoms with Gasteiger partial charge in [0.05, 0.1) is 13.2 Å². The van der Waals surface area contributed by atoms with E-state index in [0.717, 1.165) is 5.56 Å². The number of carbonyl (C=O) groups excluding carboxylic acids is 2. The standard InChI is InChI=1S/C21H27N5O3/c1-3-4-10-21(23-24-21)11-12-22-19(27)18-16-26(13-14-29-18)20(28)25(2)15-17-8-6-5-7-9-17/h1,5-9,18H,4,10-16H2,2H3,(H,22,27). The summed E-state index contributed by atoms with van der Waals surface area (Å²) in [6, 6.07) is 9.68. The quantitative estimate of drug-likeness (QED) is 0.681. The van der Waals surface area contributed by atoms with E-state index in [9.17, 15) is 9.59 Å². The lowest BCUT2D eigenvalue weighted by Crippen LogP contribution is -2.54. The van der Waals surface area contributed by atoms with Gasteiger partial charge in [0.1, 0.15) is 0 Å². The third-order valence-corrected chi connectivity index (χ3v) is 5.10. The van der Waals surface area contributed by atoms with Crippen molar-refractivity contribution in [1.29, 1.82) is 0 Å². The van der Waals surface area contributed by atoms with Crippen LogP contribution in [-0.2, 0) is 16.1 Å². The Hall–Kier alpha value is -2.92. The van der Waals surface area contributed by atoms with E-state index in [1.807, 2.05) is 30.3 Å². The minimum Gasteiger partial charge on any atom is -0.365 e. The van der Waals surface area contributed by atoms with Crippen LogP contribution in [0.25, 0.3) is 0 Å². The van der Waals surface area contributed by atoms with E-state index < -0.39 is 11.8 Å². The Morgan fingerprint density at radius 1 is 1.34 bits per heavy atom. The molecule has 1 atom stereocenters. The molecule has 2 aliphatic rings. The third-order valence-electron chi connectivity index (χ3n) is 5.10. The van der Waals surface area contributed by atoms with Crippen molar-refractivity contribution in [3.8, 4) is 12.3 Å². The second kappa shape index (κ2) is 9.52. The fraction of sp³-hybridized carbons (Fsp3) is 0.524. The summed E-state index contributed by atoms with van der Waals surface area (Å²) < 4.78 is 5.58. The van der Waals surface area contributed by atoms with Crippen LogP contribution in [0.3, 0.4) is 0 Å². The minimum absolute atomic E-state index is 0.112. The molecular formula is C21H27N5O3. The highest BCUT2D eigenvalue weighted by atomic mass is 16.5. The predicted molar refractivity (Wildman–Crippen MR) is 108 cm³/mol. The lowest BCUT2D eigenvalue weighted by Gasteiger charge is -2.34. The molecule has 1 aromatic rings. The van der Waals surface area contributed by atoms with Crippen molar-refractivity contribution in [2.24, 2.45) is 10.2 Å². The Bertz CT molecular complexity index is 783. The molecule has 3 rings (SSSR count). The number of nitrogens with zero attached hydrogens (tertiary/aromatic N) is 4. The number of morpholine rings is 1. The highest BCUT2D eigenvalue weighted by Gasteiger charge is 2.39. The molecule has 1 unspecified atom stereocenters. The van der Waals surface area contributed by atoms with Crippen LogP contribution in [0.5, 0.6) is 0 Å². The number of rotatable bonds is 8. The van der Waals surface area contributed by atoms with Crippen LogP contribution in [0.2, 0.25) is 0 Å². The van der Waals surface area contributed by atoms with Crippen molar-refractivity contribution in [2.45, 2.75) is 37.6 Å². The zero-order valence-electron chi connectivity index (χ0n) is 16.7. The van der Waals surface area contributed by atoms with Crippen LogP contribution in [0.15, 0.2) is 40.6 Å². The molecule has 0 aromatic heterocycles. The van der Waals surface area contributed by atoms with Gasteiger partial charge in [-0.25, -0.2) is 4.79 Å². The van der Waals surface area contributed by atoms with Gasteiger partial charge in [-0.15, -0.1) is 12.3 Å². The van der Waals surface area contributed by atoms with Gasteiger partial charge in [0.15, 0.2) is 11.8 Å². The number of carbonyl (C=O) groups is 2. The zero-order valence-corrected chi connectivity index (χ0v) is 16.7. The molecule has 0 spiro atoms. The minimum atomic E-state index is -0.674. The highest BCUT2D eigenvalue weighted by Crippen LogP contribution is 2.36. The molecular weight excluding hydrogens is 370 g/mol. The van der Waals surface area contributed by atoms with Crippen molar-refractivity contribution >= 4 is 11.9 Å². The summed E-state index contributed by atoms with van der Waals surface area (Å²) in [5, 5.41) is 11.0. The van der Waals surface area contributed by atoms with Crippen LogP contribution in [-0.4, -0.2) is 66.8 Å². The molecule has 0 bridgehead atoms. The van der Waals surface area contributed by atoms with E-state index in [1.165, 1.54) is 0 Å². The summed E-state index contributed by atoms with van der Waals surface area (Å²) >= 11 is 0.